The van der Waals surface area contributed by atoms with Gasteiger partial charge in [0.1, 0.15) is 5.60 Å². The van der Waals surface area contributed by atoms with E-state index in [4.69, 9.17) is 4.74 Å². The molecule has 4 heteroatoms. The van der Waals surface area contributed by atoms with Crippen molar-refractivity contribution in [2.75, 3.05) is 10.6 Å². The summed E-state index contributed by atoms with van der Waals surface area (Å²) in [6.45, 7) is 10.2. The summed E-state index contributed by atoms with van der Waals surface area (Å²) in [6.07, 6.45) is 4.60. The van der Waals surface area contributed by atoms with Crippen LogP contribution in [0, 0.1) is 5.41 Å². The van der Waals surface area contributed by atoms with E-state index in [2.05, 4.69) is 24.5 Å². The zero-order valence-electron chi connectivity index (χ0n) is 15.0. The van der Waals surface area contributed by atoms with Gasteiger partial charge >= 0.3 is 6.09 Å². The van der Waals surface area contributed by atoms with Crippen molar-refractivity contribution >= 4 is 17.5 Å². The highest BCUT2D eigenvalue weighted by molar-refractivity contribution is 5.85. The minimum Gasteiger partial charge on any atom is -0.444 e. The monoisotopic (exact) mass is 318 g/mol. The van der Waals surface area contributed by atoms with E-state index < -0.39 is 11.7 Å². The quantitative estimate of drug-likeness (QED) is 0.783. The van der Waals surface area contributed by atoms with Gasteiger partial charge in [0.25, 0.3) is 0 Å². The van der Waals surface area contributed by atoms with Crippen LogP contribution in [0.15, 0.2) is 24.3 Å². The number of anilines is 2. The van der Waals surface area contributed by atoms with Gasteiger partial charge in [0.15, 0.2) is 0 Å². The van der Waals surface area contributed by atoms with E-state index in [1.54, 1.807) is 0 Å². The maximum Gasteiger partial charge on any atom is 0.412 e. The van der Waals surface area contributed by atoms with Gasteiger partial charge < -0.3 is 10.1 Å². The van der Waals surface area contributed by atoms with Crippen molar-refractivity contribution in [3.8, 4) is 0 Å². The molecule has 1 aliphatic rings. The number of carbonyl (C=O) groups is 1. The van der Waals surface area contributed by atoms with Crippen LogP contribution < -0.4 is 10.6 Å². The molecule has 0 radical (unpaired) electrons. The van der Waals surface area contributed by atoms with Crippen molar-refractivity contribution in [2.24, 2.45) is 5.41 Å². The fourth-order valence-electron chi connectivity index (χ4n) is 3.07. The lowest BCUT2D eigenvalue weighted by Gasteiger charge is -2.39. The summed E-state index contributed by atoms with van der Waals surface area (Å²) in [7, 11) is 0. The lowest BCUT2D eigenvalue weighted by molar-refractivity contribution is 0.0636. The van der Waals surface area contributed by atoms with Crippen LogP contribution in [-0.4, -0.2) is 17.7 Å². The van der Waals surface area contributed by atoms with Crippen LogP contribution in [0.2, 0.25) is 0 Å². The summed E-state index contributed by atoms with van der Waals surface area (Å²) in [5.41, 5.74) is 1.59. The maximum atomic E-state index is 11.9. The standard InChI is InChI=1S/C19H30N2O2/c1-18(2,3)23-17(22)21-15-10-8-9-14(13-15)20-16-11-6-7-12-19(16,4)5/h8-10,13,16,20H,6-7,11-12H2,1-5H3,(H,21,22). The largest absolute Gasteiger partial charge is 0.444 e. The van der Waals surface area contributed by atoms with Gasteiger partial charge in [-0.25, -0.2) is 4.79 Å². The van der Waals surface area contributed by atoms with Crippen LogP contribution in [0.5, 0.6) is 0 Å². The fourth-order valence-corrected chi connectivity index (χ4v) is 3.07. The molecule has 2 N–H and O–H groups in total. The zero-order valence-corrected chi connectivity index (χ0v) is 15.0. The topological polar surface area (TPSA) is 50.4 Å². The van der Waals surface area contributed by atoms with Crippen LogP contribution in [0.4, 0.5) is 16.2 Å². The molecule has 0 saturated heterocycles. The Kier molecular flexibility index (Phi) is 5.23. The van der Waals surface area contributed by atoms with Gasteiger partial charge in [0.05, 0.1) is 0 Å². The SMILES string of the molecule is CC(C)(C)OC(=O)Nc1cccc(NC2CCCCC2(C)C)c1. The maximum absolute atomic E-state index is 11.9. The predicted octanol–water partition coefficient (Wildman–Crippen LogP) is 5.41. The molecule has 1 unspecified atom stereocenters. The molecule has 1 aromatic rings. The summed E-state index contributed by atoms with van der Waals surface area (Å²) in [5.74, 6) is 0. The lowest BCUT2D eigenvalue weighted by atomic mass is 9.73. The number of nitrogens with one attached hydrogen (secondary N) is 2. The molecule has 0 aliphatic heterocycles. The van der Waals surface area contributed by atoms with E-state index in [-0.39, 0.29) is 0 Å². The number of hydrogen-bond acceptors (Lipinski definition) is 3. The number of ether oxygens (including phenoxy) is 1. The first kappa shape index (κ1) is 17.6. The molecule has 0 heterocycles. The van der Waals surface area contributed by atoms with E-state index in [1.807, 2.05) is 45.0 Å². The molecule has 1 aromatic carbocycles. The van der Waals surface area contributed by atoms with E-state index in [0.29, 0.717) is 11.5 Å². The fraction of sp³-hybridized carbons (Fsp3) is 0.632. The minimum absolute atomic E-state index is 0.298. The summed E-state index contributed by atoms with van der Waals surface area (Å²) < 4.78 is 5.29. The van der Waals surface area contributed by atoms with E-state index >= 15 is 0 Å². The van der Waals surface area contributed by atoms with Gasteiger partial charge in [0, 0.05) is 17.4 Å². The molecule has 1 fully saturated rings. The third kappa shape index (κ3) is 5.45. The Morgan fingerprint density at radius 3 is 2.57 bits per heavy atom. The molecular weight excluding hydrogens is 288 g/mol. The van der Waals surface area contributed by atoms with Gasteiger partial charge in [-0.15, -0.1) is 0 Å². The molecule has 128 valence electrons. The van der Waals surface area contributed by atoms with Crippen molar-refractivity contribution in [3.63, 3.8) is 0 Å². The van der Waals surface area contributed by atoms with Gasteiger partial charge in [-0.2, -0.15) is 0 Å². The second-order valence-corrected chi connectivity index (χ2v) is 8.14. The lowest BCUT2D eigenvalue weighted by Crippen LogP contribution is -2.38. The molecular formula is C19H30N2O2. The Bertz CT molecular complexity index is 547. The Labute approximate surface area is 140 Å². The molecule has 4 nitrogen and oxygen atoms in total. The normalized spacial score (nSPS) is 20.7. The van der Waals surface area contributed by atoms with Crippen molar-refractivity contribution < 1.29 is 9.53 Å². The Morgan fingerprint density at radius 2 is 1.91 bits per heavy atom. The minimum atomic E-state index is -0.494. The summed E-state index contributed by atoms with van der Waals surface area (Å²) in [5, 5.41) is 6.44. The number of carbonyl (C=O) groups excluding carboxylic acids is 1. The second kappa shape index (κ2) is 6.81. The summed E-state index contributed by atoms with van der Waals surface area (Å²) in [4.78, 5) is 11.9. The van der Waals surface area contributed by atoms with Crippen molar-refractivity contribution in [3.05, 3.63) is 24.3 Å². The summed E-state index contributed by atoms with van der Waals surface area (Å²) in [6, 6.07) is 8.30. The van der Waals surface area contributed by atoms with Gasteiger partial charge in [-0.05, 0) is 57.2 Å². The number of hydrogen-bond donors (Lipinski definition) is 2. The van der Waals surface area contributed by atoms with E-state index in [0.717, 1.165) is 11.4 Å². The first-order chi connectivity index (χ1) is 10.7. The highest BCUT2D eigenvalue weighted by atomic mass is 16.6. The van der Waals surface area contributed by atoms with Crippen molar-refractivity contribution in [2.45, 2.75) is 71.9 Å². The van der Waals surface area contributed by atoms with E-state index in [9.17, 15) is 4.79 Å². The van der Waals surface area contributed by atoms with Gasteiger partial charge in [-0.1, -0.05) is 32.8 Å². The van der Waals surface area contributed by atoms with Crippen molar-refractivity contribution in [1.82, 2.24) is 0 Å². The molecule has 1 atom stereocenters. The number of amides is 1. The predicted molar refractivity (Wildman–Crippen MR) is 96.0 cm³/mol. The molecule has 1 amide bonds. The van der Waals surface area contributed by atoms with Crippen molar-refractivity contribution in [1.29, 1.82) is 0 Å². The molecule has 1 aliphatic carbocycles. The molecule has 0 spiro atoms. The average Bonchev–Trinajstić information content (AvgIpc) is 2.39. The molecule has 0 aromatic heterocycles. The average molecular weight is 318 g/mol. The third-order valence-electron chi connectivity index (χ3n) is 4.36. The zero-order chi connectivity index (χ0) is 17.1. The Morgan fingerprint density at radius 1 is 1.22 bits per heavy atom. The molecule has 1 saturated carbocycles. The Balaban J connectivity index is 2.01. The highest BCUT2D eigenvalue weighted by Crippen LogP contribution is 2.37. The van der Waals surface area contributed by atoms with Gasteiger partial charge in [-0.3, -0.25) is 5.32 Å². The van der Waals surface area contributed by atoms with Crippen LogP contribution >= 0.6 is 0 Å². The Hall–Kier alpha value is -1.71. The molecule has 2 rings (SSSR count). The van der Waals surface area contributed by atoms with Crippen LogP contribution in [0.25, 0.3) is 0 Å². The van der Waals surface area contributed by atoms with Crippen LogP contribution in [-0.2, 0) is 4.74 Å². The summed E-state index contributed by atoms with van der Waals surface area (Å²) >= 11 is 0. The van der Waals surface area contributed by atoms with Crippen LogP contribution in [0.1, 0.15) is 60.3 Å². The highest BCUT2D eigenvalue weighted by Gasteiger charge is 2.32. The van der Waals surface area contributed by atoms with E-state index in [1.165, 1.54) is 25.7 Å². The second-order valence-electron chi connectivity index (χ2n) is 8.14. The smallest absolute Gasteiger partial charge is 0.412 e. The van der Waals surface area contributed by atoms with Gasteiger partial charge in [0.2, 0.25) is 0 Å². The van der Waals surface area contributed by atoms with Crippen LogP contribution in [0.3, 0.4) is 0 Å². The first-order valence-corrected chi connectivity index (χ1v) is 8.52. The third-order valence-corrected chi connectivity index (χ3v) is 4.36. The molecule has 0 bridgehead atoms. The number of benzene rings is 1. The number of rotatable bonds is 3. The first-order valence-electron chi connectivity index (χ1n) is 8.52. The molecule has 23 heavy (non-hydrogen) atoms.